The van der Waals surface area contributed by atoms with Crippen LogP contribution >= 0.6 is 23.2 Å². The number of pyridine rings is 1. The van der Waals surface area contributed by atoms with Gasteiger partial charge in [-0.15, -0.1) is 0 Å². The molecule has 3 fully saturated rings. The fourth-order valence-electron chi connectivity index (χ4n) is 7.08. The van der Waals surface area contributed by atoms with Gasteiger partial charge in [0, 0.05) is 28.4 Å². The number of rotatable bonds is 13. The lowest BCUT2D eigenvalue weighted by atomic mass is 9.83. The third-order valence-electron chi connectivity index (χ3n) is 9.78. The second kappa shape index (κ2) is 15.7. The number of fused-ring (bicyclic) bond motifs is 3. The number of carboxylic acids is 1. The summed E-state index contributed by atoms with van der Waals surface area (Å²) in [7, 11) is 4.60. The Balaban J connectivity index is 1.43. The number of carbonyl (C=O) groups is 2. The highest BCUT2D eigenvalue weighted by atomic mass is 35.5. The summed E-state index contributed by atoms with van der Waals surface area (Å²) in [6, 6.07) is 16.5. The van der Waals surface area contributed by atoms with Crippen molar-refractivity contribution in [2.45, 2.75) is 37.3 Å². The number of carbonyl (C=O) groups excluding carboxylic acids is 1. The van der Waals surface area contributed by atoms with Crippen molar-refractivity contribution in [2.75, 3.05) is 46.3 Å². The number of hydrogen-bond donors (Lipinski definition) is 3. The zero-order chi connectivity index (χ0) is 36.2. The number of carboxylic acid groups (broad SMARTS) is 1. The molecule has 3 atom stereocenters. The standard InChI is InChI=1S/C38H39Cl2N3O8/c1-48-26-6-4-5-24(15-26)36(38(46)51-35-21-42-13-11-22(35)12-14-42)41-25-8-9-27(37(44)45)29(17-25)28(18-30-31(39)19-43(47)20-32(30)40)23-7-10-33(49-2)34(16-23)50-3/h4-10,15-17,19-20,22,28,35-36,41H,11-14,18,21H2,1-3H3,(H-,44,45,47)/p+1/t28?,35-,36?/m0/s1. The smallest absolute Gasteiger partial charge is 0.335 e. The van der Waals surface area contributed by atoms with Crippen LogP contribution in [0.15, 0.2) is 73.1 Å². The summed E-state index contributed by atoms with van der Waals surface area (Å²) < 4.78 is 23.5. The molecule has 0 amide bonds. The first-order valence-corrected chi connectivity index (χ1v) is 17.3. The van der Waals surface area contributed by atoms with E-state index in [1.807, 2.05) is 12.1 Å². The fraction of sp³-hybridized carbons (Fsp3) is 0.342. The van der Waals surface area contributed by atoms with Crippen LogP contribution in [0.25, 0.3) is 0 Å². The van der Waals surface area contributed by atoms with Gasteiger partial charge in [0.05, 0.1) is 26.9 Å². The summed E-state index contributed by atoms with van der Waals surface area (Å²) in [5, 5.41) is 24.2. The third kappa shape index (κ3) is 7.96. The van der Waals surface area contributed by atoms with Gasteiger partial charge < -0.3 is 29.4 Å². The number of piperidine rings is 3. The molecule has 0 radical (unpaired) electrons. The van der Waals surface area contributed by atoms with Gasteiger partial charge in [0.2, 0.25) is 12.4 Å². The molecule has 3 aliphatic heterocycles. The van der Waals surface area contributed by atoms with Crippen LogP contribution in [0.5, 0.6) is 17.2 Å². The van der Waals surface area contributed by atoms with Crippen molar-refractivity contribution in [2.24, 2.45) is 5.92 Å². The summed E-state index contributed by atoms with van der Waals surface area (Å²) in [5.41, 5.74) is 2.75. The van der Waals surface area contributed by atoms with E-state index in [4.69, 9.17) is 42.1 Å². The number of nitrogens with one attached hydrogen (secondary N) is 1. The Morgan fingerprint density at radius 3 is 2.27 bits per heavy atom. The van der Waals surface area contributed by atoms with E-state index >= 15 is 0 Å². The molecule has 0 aliphatic carbocycles. The predicted molar refractivity (Wildman–Crippen MR) is 191 cm³/mol. The molecule has 3 saturated heterocycles. The van der Waals surface area contributed by atoms with E-state index in [9.17, 15) is 19.9 Å². The quantitative estimate of drug-likeness (QED) is 0.0805. The summed E-state index contributed by atoms with van der Waals surface area (Å²) >= 11 is 13.2. The van der Waals surface area contributed by atoms with E-state index in [0.29, 0.717) is 57.7 Å². The molecule has 3 aliphatic rings. The third-order valence-corrected chi connectivity index (χ3v) is 10.4. The van der Waals surface area contributed by atoms with Gasteiger partial charge in [0.1, 0.15) is 21.9 Å². The number of nitrogens with zero attached hydrogens (tertiary/aromatic N) is 2. The van der Waals surface area contributed by atoms with E-state index in [-0.39, 0.29) is 28.1 Å². The van der Waals surface area contributed by atoms with Crippen LogP contribution in [0.4, 0.5) is 5.69 Å². The Bertz CT molecular complexity index is 1890. The van der Waals surface area contributed by atoms with E-state index in [0.717, 1.165) is 30.7 Å². The highest BCUT2D eigenvalue weighted by Gasteiger charge is 2.38. The van der Waals surface area contributed by atoms with Crippen molar-refractivity contribution in [3.8, 4) is 17.2 Å². The molecule has 2 unspecified atom stereocenters. The zero-order valence-electron chi connectivity index (χ0n) is 28.5. The fourth-order valence-corrected chi connectivity index (χ4v) is 7.68. The first-order chi connectivity index (χ1) is 24.6. The van der Waals surface area contributed by atoms with Gasteiger partial charge in [0.25, 0.3) is 0 Å². The van der Waals surface area contributed by atoms with E-state index in [2.05, 4.69) is 10.2 Å². The lowest BCUT2D eigenvalue weighted by molar-refractivity contribution is -0.904. The van der Waals surface area contributed by atoms with Crippen molar-refractivity contribution < 1.29 is 43.6 Å². The number of benzene rings is 3. The molecule has 7 rings (SSSR count). The molecule has 4 heterocycles. The molecule has 3 aromatic carbocycles. The topological polar surface area (TPSA) is 131 Å². The number of aromatic nitrogens is 1. The van der Waals surface area contributed by atoms with Gasteiger partial charge in [-0.05, 0) is 97.4 Å². The van der Waals surface area contributed by atoms with Crippen LogP contribution in [0.1, 0.15) is 57.4 Å². The Hall–Kier alpha value is -4.71. The van der Waals surface area contributed by atoms with Crippen molar-refractivity contribution in [3.05, 3.63) is 111 Å². The van der Waals surface area contributed by atoms with Gasteiger partial charge in [0.15, 0.2) is 17.5 Å². The Morgan fingerprint density at radius 1 is 0.922 bits per heavy atom. The van der Waals surface area contributed by atoms with Crippen LogP contribution < -0.4 is 24.3 Å². The van der Waals surface area contributed by atoms with Crippen molar-refractivity contribution >= 4 is 40.8 Å². The summed E-state index contributed by atoms with van der Waals surface area (Å²) in [6.07, 6.45) is 4.53. The molecular weight excluding hydrogens is 697 g/mol. The number of anilines is 1. The number of ether oxygens (including phenoxy) is 4. The second-order valence-corrected chi connectivity index (χ2v) is 13.6. The van der Waals surface area contributed by atoms with Crippen LogP contribution in [-0.4, -0.2) is 74.2 Å². The first-order valence-electron chi connectivity index (χ1n) is 16.6. The summed E-state index contributed by atoms with van der Waals surface area (Å²) in [6.45, 7) is 2.72. The second-order valence-electron chi connectivity index (χ2n) is 12.8. The zero-order valence-corrected chi connectivity index (χ0v) is 30.0. The number of hydrogen-bond acceptors (Lipinski definition) is 9. The normalized spacial score (nSPS) is 19.1. The highest BCUT2D eigenvalue weighted by Crippen LogP contribution is 2.40. The summed E-state index contributed by atoms with van der Waals surface area (Å²) in [5.74, 6) is -0.408. The van der Waals surface area contributed by atoms with Gasteiger partial charge in [-0.2, -0.15) is 0 Å². The minimum Gasteiger partial charge on any atom is -0.497 e. The predicted octanol–water partition coefficient (Wildman–Crippen LogP) is 6.41. The molecule has 13 heteroatoms. The van der Waals surface area contributed by atoms with Crippen molar-refractivity contribution in [1.29, 1.82) is 0 Å². The lowest BCUT2D eigenvalue weighted by Crippen LogP contribution is -2.52. The number of aromatic carboxylic acids is 1. The van der Waals surface area contributed by atoms with E-state index in [1.54, 1.807) is 49.6 Å². The average Bonchev–Trinajstić information content (AvgIpc) is 3.13. The Morgan fingerprint density at radius 2 is 1.65 bits per heavy atom. The maximum atomic E-state index is 14.1. The Kier molecular flexibility index (Phi) is 11.1. The lowest BCUT2D eigenvalue weighted by Gasteiger charge is -2.44. The van der Waals surface area contributed by atoms with Crippen molar-refractivity contribution in [3.63, 3.8) is 0 Å². The van der Waals surface area contributed by atoms with Crippen LogP contribution in [0.2, 0.25) is 10.0 Å². The molecule has 1 aromatic heterocycles. The average molecular weight is 738 g/mol. The minimum absolute atomic E-state index is 0.0357. The van der Waals surface area contributed by atoms with Gasteiger partial charge in [-0.25, -0.2) is 9.59 Å². The molecule has 268 valence electrons. The van der Waals surface area contributed by atoms with Crippen LogP contribution in [0, 0.1) is 5.92 Å². The molecule has 11 nitrogen and oxygen atoms in total. The van der Waals surface area contributed by atoms with Crippen molar-refractivity contribution in [1.82, 2.24) is 4.90 Å². The minimum atomic E-state index is -1.15. The maximum Gasteiger partial charge on any atom is 0.335 e. The molecule has 3 N–H and O–H groups in total. The molecule has 2 bridgehead atoms. The number of halogens is 2. The monoisotopic (exact) mass is 736 g/mol. The van der Waals surface area contributed by atoms with Gasteiger partial charge in [-0.1, -0.05) is 41.4 Å². The molecule has 51 heavy (non-hydrogen) atoms. The number of methoxy groups -OCH3 is 3. The SMILES string of the molecule is COc1cccc(C(Nc2ccc(C(=O)O)c(C(Cc3c(Cl)c[n+](O)cc3Cl)c3ccc(OC)c(OC)c3)c2)C(=O)O[C@H]2CN3CCC2CC3)c1. The van der Waals surface area contributed by atoms with Crippen LogP contribution in [-0.2, 0) is 16.0 Å². The Labute approximate surface area is 306 Å². The summed E-state index contributed by atoms with van der Waals surface area (Å²) in [4.78, 5) is 29.2. The number of esters is 1. The maximum absolute atomic E-state index is 14.1. The molecule has 0 saturated carbocycles. The first kappa shape index (κ1) is 36.1. The molecular formula is C38H40Cl2N3O8+. The van der Waals surface area contributed by atoms with Gasteiger partial charge in [-0.3, -0.25) is 10.1 Å². The molecule has 0 spiro atoms. The molecule has 4 aromatic rings. The highest BCUT2D eigenvalue weighted by molar-refractivity contribution is 6.35. The largest absolute Gasteiger partial charge is 0.497 e. The van der Waals surface area contributed by atoms with E-state index in [1.165, 1.54) is 32.7 Å². The van der Waals surface area contributed by atoms with Gasteiger partial charge >= 0.3 is 11.9 Å². The van der Waals surface area contributed by atoms with Crippen LogP contribution in [0.3, 0.4) is 0 Å². The van der Waals surface area contributed by atoms with E-state index < -0.39 is 23.9 Å².